The minimum Gasteiger partial charge on any atom is -0.457 e. The molecule has 0 fully saturated rings. The number of anilines is 1. The Kier molecular flexibility index (Phi) is 2.95. The maximum Gasteiger partial charge on any atom is 0.338 e. The first-order valence-corrected chi connectivity index (χ1v) is 6.00. The second-order valence-corrected chi connectivity index (χ2v) is 4.41. The van der Waals surface area contributed by atoms with Gasteiger partial charge in [-0.2, -0.15) is 0 Å². The van der Waals surface area contributed by atoms with Crippen molar-refractivity contribution in [2.24, 2.45) is 0 Å². The van der Waals surface area contributed by atoms with E-state index in [9.17, 15) is 14.0 Å². The van der Waals surface area contributed by atoms with Gasteiger partial charge in [-0.1, -0.05) is 0 Å². The van der Waals surface area contributed by atoms with Crippen LogP contribution in [-0.4, -0.2) is 11.9 Å². The first-order chi connectivity index (χ1) is 9.63. The third kappa shape index (κ3) is 2.25. The Morgan fingerprint density at radius 2 is 1.90 bits per heavy atom. The van der Waals surface area contributed by atoms with E-state index in [0.29, 0.717) is 16.8 Å². The van der Waals surface area contributed by atoms with Gasteiger partial charge in [-0.05, 0) is 42.5 Å². The Bertz CT molecular complexity index is 695. The quantitative estimate of drug-likeness (QED) is 0.854. The maximum absolute atomic E-state index is 12.8. The third-order valence-corrected chi connectivity index (χ3v) is 3.05. The van der Waals surface area contributed by atoms with Gasteiger partial charge in [0.2, 0.25) is 0 Å². The highest BCUT2D eigenvalue weighted by Crippen LogP contribution is 2.23. The smallest absolute Gasteiger partial charge is 0.338 e. The minimum absolute atomic E-state index is 0.217. The van der Waals surface area contributed by atoms with Gasteiger partial charge in [0, 0.05) is 16.8 Å². The van der Waals surface area contributed by atoms with Gasteiger partial charge in [0.15, 0.2) is 0 Å². The largest absolute Gasteiger partial charge is 0.457 e. The average molecular weight is 271 g/mol. The summed E-state index contributed by atoms with van der Waals surface area (Å²) in [5.41, 5.74) is 2.19. The number of hydrogen-bond donors (Lipinski definition) is 1. The fourth-order valence-corrected chi connectivity index (χ4v) is 2.02. The van der Waals surface area contributed by atoms with Gasteiger partial charge in [0.1, 0.15) is 12.4 Å². The number of ether oxygens (including phenoxy) is 1. The van der Waals surface area contributed by atoms with E-state index >= 15 is 0 Å². The number of cyclic esters (lactones) is 1. The summed E-state index contributed by atoms with van der Waals surface area (Å²) in [6, 6.07) is 10.2. The summed E-state index contributed by atoms with van der Waals surface area (Å²) in [6.45, 7) is 0.217. The number of esters is 1. The van der Waals surface area contributed by atoms with Crippen LogP contribution in [0.1, 0.15) is 26.3 Å². The summed E-state index contributed by atoms with van der Waals surface area (Å²) < 4.78 is 17.7. The predicted octanol–water partition coefficient (Wildman–Crippen LogP) is 2.75. The number of carbonyl (C=O) groups excluding carboxylic acids is 2. The summed E-state index contributed by atoms with van der Waals surface area (Å²) in [5.74, 6) is -1.08. The molecule has 0 radical (unpaired) electrons. The van der Waals surface area contributed by atoms with Crippen LogP contribution in [0.3, 0.4) is 0 Å². The molecule has 1 aliphatic heterocycles. The van der Waals surface area contributed by atoms with Crippen molar-refractivity contribution in [3.05, 3.63) is 65.0 Å². The van der Waals surface area contributed by atoms with E-state index in [2.05, 4.69) is 5.32 Å². The van der Waals surface area contributed by atoms with Crippen molar-refractivity contribution in [1.29, 1.82) is 0 Å². The van der Waals surface area contributed by atoms with Crippen molar-refractivity contribution in [2.75, 3.05) is 5.32 Å². The summed E-state index contributed by atoms with van der Waals surface area (Å²) in [7, 11) is 0. The number of rotatable bonds is 2. The van der Waals surface area contributed by atoms with Gasteiger partial charge in [-0.3, -0.25) is 4.79 Å². The lowest BCUT2D eigenvalue weighted by molar-refractivity contribution is 0.0535. The van der Waals surface area contributed by atoms with Crippen molar-refractivity contribution < 1.29 is 18.7 Å². The molecule has 3 rings (SSSR count). The Hall–Kier alpha value is -2.69. The number of halogens is 1. The van der Waals surface area contributed by atoms with Crippen LogP contribution in [0.25, 0.3) is 0 Å². The van der Waals surface area contributed by atoms with E-state index < -0.39 is 5.82 Å². The molecule has 0 aromatic heterocycles. The molecule has 0 saturated carbocycles. The van der Waals surface area contributed by atoms with Crippen molar-refractivity contribution in [2.45, 2.75) is 6.61 Å². The Balaban J connectivity index is 1.80. The zero-order chi connectivity index (χ0) is 14.1. The lowest BCUT2D eigenvalue weighted by Crippen LogP contribution is -2.12. The number of fused-ring (bicyclic) bond motifs is 1. The predicted molar refractivity (Wildman–Crippen MR) is 69.9 cm³/mol. The van der Waals surface area contributed by atoms with Gasteiger partial charge >= 0.3 is 5.97 Å². The summed E-state index contributed by atoms with van der Waals surface area (Å²) in [5, 5.41) is 2.69. The van der Waals surface area contributed by atoms with Crippen molar-refractivity contribution in [3.63, 3.8) is 0 Å². The number of benzene rings is 2. The van der Waals surface area contributed by atoms with Crippen LogP contribution < -0.4 is 5.32 Å². The van der Waals surface area contributed by atoms with E-state index in [1.807, 2.05) is 0 Å². The van der Waals surface area contributed by atoms with E-state index in [-0.39, 0.29) is 18.5 Å². The summed E-state index contributed by atoms with van der Waals surface area (Å²) >= 11 is 0. The van der Waals surface area contributed by atoms with Crippen LogP contribution >= 0.6 is 0 Å². The summed E-state index contributed by atoms with van der Waals surface area (Å²) in [4.78, 5) is 23.3. The van der Waals surface area contributed by atoms with Crippen LogP contribution in [0.2, 0.25) is 0 Å². The van der Waals surface area contributed by atoms with Gasteiger partial charge < -0.3 is 10.1 Å². The fraction of sp³-hybridized carbons (Fsp3) is 0.0667. The van der Waals surface area contributed by atoms with Crippen molar-refractivity contribution in [1.82, 2.24) is 0 Å². The van der Waals surface area contributed by atoms with E-state index in [0.717, 1.165) is 5.56 Å². The molecule has 1 N–H and O–H groups in total. The van der Waals surface area contributed by atoms with E-state index in [1.54, 1.807) is 18.2 Å². The van der Waals surface area contributed by atoms with Crippen LogP contribution in [-0.2, 0) is 11.3 Å². The molecule has 1 amide bonds. The average Bonchev–Trinajstić information content (AvgIpc) is 2.81. The highest BCUT2D eigenvalue weighted by molar-refractivity contribution is 6.04. The molecular formula is C15H10FNO3. The molecule has 0 spiro atoms. The first-order valence-electron chi connectivity index (χ1n) is 6.00. The molecule has 1 aliphatic rings. The van der Waals surface area contributed by atoms with Crippen molar-refractivity contribution >= 4 is 17.6 Å². The van der Waals surface area contributed by atoms with E-state index in [1.165, 1.54) is 24.3 Å². The highest BCUT2D eigenvalue weighted by Gasteiger charge is 2.21. The number of nitrogens with one attached hydrogen (secondary N) is 1. The molecule has 0 aliphatic carbocycles. The number of amides is 1. The van der Waals surface area contributed by atoms with Crippen LogP contribution in [0.5, 0.6) is 0 Å². The first kappa shape index (κ1) is 12.3. The van der Waals surface area contributed by atoms with Gasteiger partial charge in [0.25, 0.3) is 5.91 Å². The van der Waals surface area contributed by atoms with Crippen LogP contribution in [0, 0.1) is 5.82 Å². The second kappa shape index (κ2) is 4.77. The number of carbonyl (C=O) groups is 2. The molecule has 4 nitrogen and oxygen atoms in total. The Morgan fingerprint density at radius 1 is 1.15 bits per heavy atom. The van der Waals surface area contributed by atoms with E-state index in [4.69, 9.17) is 4.74 Å². The third-order valence-electron chi connectivity index (χ3n) is 3.05. The Labute approximate surface area is 114 Å². The molecule has 0 bridgehead atoms. The molecule has 5 heteroatoms. The zero-order valence-corrected chi connectivity index (χ0v) is 10.4. The maximum atomic E-state index is 12.8. The lowest BCUT2D eigenvalue weighted by atomic mass is 10.1. The van der Waals surface area contributed by atoms with Crippen LogP contribution in [0.4, 0.5) is 10.1 Å². The second-order valence-electron chi connectivity index (χ2n) is 4.41. The van der Waals surface area contributed by atoms with Crippen LogP contribution in [0.15, 0.2) is 42.5 Å². The number of hydrogen-bond acceptors (Lipinski definition) is 3. The molecular weight excluding hydrogens is 261 g/mol. The van der Waals surface area contributed by atoms with Gasteiger partial charge in [-0.15, -0.1) is 0 Å². The molecule has 100 valence electrons. The molecule has 0 saturated heterocycles. The van der Waals surface area contributed by atoms with Crippen molar-refractivity contribution in [3.8, 4) is 0 Å². The fourth-order valence-electron chi connectivity index (χ4n) is 2.02. The molecule has 2 aromatic carbocycles. The summed E-state index contributed by atoms with van der Waals surface area (Å²) in [6.07, 6.45) is 0. The molecule has 1 heterocycles. The Morgan fingerprint density at radius 3 is 2.65 bits per heavy atom. The SMILES string of the molecule is O=C(Nc1ccc2c(c1)COC2=O)c1ccc(F)cc1. The molecule has 2 aromatic rings. The zero-order valence-electron chi connectivity index (χ0n) is 10.4. The van der Waals surface area contributed by atoms with Gasteiger partial charge in [0.05, 0.1) is 5.56 Å². The lowest BCUT2D eigenvalue weighted by Gasteiger charge is -2.06. The molecule has 20 heavy (non-hydrogen) atoms. The standard InChI is InChI=1S/C15H10FNO3/c16-11-3-1-9(2-4-11)14(18)17-12-5-6-13-10(7-12)8-20-15(13)19/h1-7H,8H2,(H,17,18). The minimum atomic E-state index is -0.394. The molecule has 0 atom stereocenters. The monoisotopic (exact) mass is 271 g/mol. The molecule has 0 unspecified atom stereocenters. The van der Waals surface area contributed by atoms with Gasteiger partial charge in [-0.25, -0.2) is 9.18 Å². The normalized spacial score (nSPS) is 12.8. The topological polar surface area (TPSA) is 55.4 Å². The highest BCUT2D eigenvalue weighted by atomic mass is 19.1.